The summed E-state index contributed by atoms with van der Waals surface area (Å²) in [7, 11) is 0. The first-order chi connectivity index (χ1) is 15.7. The summed E-state index contributed by atoms with van der Waals surface area (Å²) >= 11 is 0. The molecule has 1 fully saturated rings. The van der Waals surface area contributed by atoms with Crippen LogP contribution in [0, 0.1) is 0 Å². The van der Waals surface area contributed by atoms with Crippen LogP contribution in [0.15, 0.2) is 53.3 Å². The molecule has 1 unspecified atom stereocenters. The van der Waals surface area contributed by atoms with E-state index >= 15 is 0 Å². The largest absolute Gasteiger partial charge is 0.352 e. The summed E-state index contributed by atoms with van der Waals surface area (Å²) < 4.78 is 1.74. The van der Waals surface area contributed by atoms with Gasteiger partial charge in [-0.15, -0.1) is 0 Å². The van der Waals surface area contributed by atoms with E-state index in [1.54, 1.807) is 4.57 Å². The van der Waals surface area contributed by atoms with Crippen LogP contribution < -0.4 is 15.8 Å². The number of aryl methyl sites for hydroxylation is 2. The number of hydrogen-bond acceptors (Lipinski definition) is 4. The van der Waals surface area contributed by atoms with Crippen LogP contribution in [-0.2, 0) is 17.8 Å². The fraction of sp³-hybridized carbons (Fsp3) is 0.423. The molecule has 1 atom stereocenters. The Morgan fingerprint density at radius 2 is 1.78 bits per heavy atom. The second-order valence-corrected chi connectivity index (χ2v) is 8.89. The summed E-state index contributed by atoms with van der Waals surface area (Å²) in [5, 5.41) is 3.21. The smallest absolute Gasteiger partial charge is 0.294 e. The third-order valence-electron chi connectivity index (χ3n) is 6.76. The number of fused-ring (bicyclic) bond motifs is 2. The van der Waals surface area contributed by atoms with Crippen LogP contribution in [0.25, 0.3) is 11.0 Å². The molecular formula is C26H30N4O2. The third kappa shape index (κ3) is 4.14. The molecule has 166 valence electrons. The summed E-state index contributed by atoms with van der Waals surface area (Å²) in [6.45, 7) is 2.08. The third-order valence-corrected chi connectivity index (χ3v) is 6.76. The first-order valence-corrected chi connectivity index (χ1v) is 11.8. The first-order valence-electron chi connectivity index (χ1n) is 11.8. The van der Waals surface area contributed by atoms with Crippen molar-refractivity contribution >= 4 is 22.8 Å². The lowest BCUT2D eigenvalue weighted by molar-refractivity contribution is -0.122. The Balaban J connectivity index is 1.36. The summed E-state index contributed by atoms with van der Waals surface area (Å²) in [4.78, 5) is 33.1. The number of carbonyl (C=O) groups is 1. The lowest BCUT2D eigenvalue weighted by atomic mass is 9.88. The minimum atomic E-state index is -0.0959. The molecule has 6 heteroatoms. The maximum Gasteiger partial charge on any atom is 0.294 e. The molecule has 1 aliphatic heterocycles. The number of anilines is 1. The molecule has 0 spiro atoms. The van der Waals surface area contributed by atoms with Crippen molar-refractivity contribution in [3.05, 3.63) is 70.0 Å². The average molecular weight is 431 g/mol. The van der Waals surface area contributed by atoms with Gasteiger partial charge in [-0.05, 0) is 61.8 Å². The maximum atomic E-state index is 13.4. The predicted molar refractivity (Wildman–Crippen MR) is 127 cm³/mol. The Hall–Kier alpha value is -3.15. The molecule has 1 N–H and O–H groups in total. The van der Waals surface area contributed by atoms with Gasteiger partial charge in [-0.1, -0.05) is 36.4 Å². The van der Waals surface area contributed by atoms with Gasteiger partial charge in [0.15, 0.2) is 5.82 Å². The maximum absolute atomic E-state index is 13.4. The molecule has 0 radical (unpaired) electrons. The molecule has 1 saturated heterocycles. The number of benzene rings is 2. The molecule has 32 heavy (non-hydrogen) atoms. The number of rotatable bonds is 5. The zero-order chi connectivity index (χ0) is 21.9. The minimum Gasteiger partial charge on any atom is -0.352 e. The van der Waals surface area contributed by atoms with Crippen molar-refractivity contribution in [3.63, 3.8) is 0 Å². The highest BCUT2D eigenvalue weighted by Gasteiger charge is 2.22. The van der Waals surface area contributed by atoms with E-state index in [9.17, 15) is 9.59 Å². The fourth-order valence-corrected chi connectivity index (χ4v) is 5.10. The second kappa shape index (κ2) is 9.15. The highest BCUT2D eigenvalue weighted by atomic mass is 16.2. The van der Waals surface area contributed by atoms with Crippen LogP contribution >= 0.6 is 0 Å². The van der Waals surface area contributed by atoms with Crippen molar-refractivity contribution in [3.8, 4) is 0 Å². The van der Waals surface area contributed by atoms with Crippen molar-refractivity contribution < 1.29 is 4.79 Å². The van der Waals surface area contributed by atoms with Gasteiger partial charge in [-0.3, -0.25) is 9.59 Å². The average Bonchev–Trinajstić information content (AvgIpc) is 2.84. The zero-order valence-electron chi connectivity index (χ0n) is 18.4. The minimum absolute atomic E-state index is 0.0148. The van der Waals surface area contributed by atoms with E-state index in [2.05, 4.69) is 28.4 Å². The Bertz CT molecular complexity index is 1180. The summed E-state index contributed by atoms with van der Waals surface area (Å²) in [5.41, 5.74) is 4.04. The topological polar surface area (TPSA) is 67.2 Å². The van der Waals surface area contributed by atoms with Gasteiger partial charge in [0.2, 0.25) is 5.91 Å². The van der Waals surface area contributed by atoms with Gasteiger partial charge < -0.3 is 14.8 Å². The number of piperidine rings is 1. The van der Waals surface area contributed by atoms with E-state index in [1.807, 2.05) is 30.3 Å². The van der Waals surface area contributed by atoms with E-state index in [0.29, 0.717) is 12.4 Å². The molecule has 1 amide bonds. The highest BCUT2D eigenvalue weighted by Crippen LogP contribution is 2.29. The van der Waals surface area contributed by atoms with Gasteiger partial charge in [0.1, 0.15) is 0 Å². The van der Waals surface area contributed by atoms with E-state index in [0.717, 1.165) is 56.2 Å². The fourth-order valence-electron chi connectivity index (χ4n) is 5.10. The first kappa shape index (κ1) is 20.7. The Morgan fingerprint density at radius 1 is 1.00 bits per heavy atom. The molecule has 0 bridgehead atoms. The van der Waals surface area contributed by atoms with Crippen LogP contribution in [-0.4, -0.2) is 28.5 Å². The van der Waals surface area contributed by atoms with Crippen LogP contribution in [0.2, 0.25) is 0 Å². The number of aromatic nitrogens is 2. The Kier molecular flexibility index (Phi) is 5.93. The molecule has 2 heterocycles. The van der Waals surface area contributed by atoms with Gasteiger partial charge in [-0.2, -0.15) is 0 Å². The zero-order valence-corrected chi connectivity index (χ0v) is 18.4. The van der Waals surface area contributed by atoms with Gasteiger partial charge in [0.25, 0.3) is 5.56 Å². The summed E-state index contributed by atoms with van der Waals surface area (Å²) in [5.74, 6) is 0.504. The lowest BCUT2D eigenvalue weighted by Gasteiger charge is -2.28. The number of hydrogen-bond donors (Lipinski definition) is 1. The molecule has 1 aliphatic carbocycles. The van der Waals surface area contributed by atoms with Crippen molar-refractivity contribution in [1.82, 2.24) is 14.9 Å². The molecule has 2 aromatic carbocycles. The van der Waals surface area contributed by atoms with E-state index in [-0.39, 0.29) is 23.9 Å². The second-order valence-electron chi connectivity index (χ2n) is 8.89. The quantitative estimate of drug-likeness (QED) is 0.665. The summed E-state index contributed by atoms with van der Waals surface area (Å²) in [6, 6.07) is 16.1. The SMILES string of the molecule is O=C(CCn1c(=O)c(N2CCCCC2)nc2ccccc21)NC1CCCc2ccccc21. The van der Waals surface area contributed by atoms with Gasteiger partial charge >= 0.3 is 0 Å². The normalized spacial score (nSPS) is 18.4. The lowest BCUT2D eigenvalue weighted by Crippen LogP contribution is -2.38. The standard InChI is InChI=1S/C26H30N4O2/c31-24(27-21-13-8-10-19-9-2-3-11-20(19)21)15-18-30-23-14-5-4-12-22(23)28-25(26(30)32)29-16-6-1-7-17-29/h2-5,9,11-12,14,21H,1,6-8,10,13,15-18H2,(H,27,31). The molecule has 6 nitrogen and oxygen atoms in total. The number of amides is 1. The molecule has 2 aliphatic rings. The molecular weight excluding hydrogens is 400 g/mol. The molecule has 5 rings (SSSR count). The Morgan fingerprint density at radius 3 is 2.66 bits per heavy atom. The van der Waals surface area contributed by atoms with Crippen LogP contribution in [0.3, 0.4) is 0 Å². The van der Waals surface area contributed by atoms with Crippen molar-refractivity contribution in [2.45, 2.75) is 57.5 Å². The van der Waals surface area contributed by atoms with Gasteiger partial charge in [-0.25, -0.2) is 4.98 Å². The number of carbonyl (C=O) groups excluding carboxylic acids is 1. The van der Waals surface area contributed by atoms with Crippen molar-refractivity contribution in [1.29, 1.82) is 0 Å². The van der Waals surface area contributed by atoms with E-state index < -0.39 is 0 Å². The van der Waals surface area contributed by atoms with Gasteiger partial charge in [0.05, 0.1) is 17.1 Å². The number of nitrogens with one attached hydrogen (secondary N) is 1. The van der Waals surface area contributed by atoms with Crippen molar-refractivity contribution in [2.24, 2.45) is 0 Å². The number of para-hydroxylation sites is 2. The van der Waals surface area contributed by atoms with E-state index in [4.69, 9.17) is 4.98 Å². The van der Waals surface area contributed by atoms with Crippen LogP contribution in [0.5, 0.6) is 0 Å². The predicted octanol–water partition coefficient (Wildman–Crippen LogP) is 3.97. The molecule has 0 saturated carbocycles. The van der Waals surface area contributed by atoms with E-state index in [1.165, 1.54) is 17.5 Å². The number of nitrogens with zero attached hydrogens (tertiary/aromatic N) is 3. The van der Waals surface area contributed by atoms with Gasteiger partial charge in [0, 0.05) is 26.1 Å². The van der Waals surface area contributed by atoms with Crippen LogP contribution in [0.1, 0.15) is 55.7 Å². The molecule has 1 aromatic heterocycles. The highest BCUT2D eigenvalue weighted by molar-refractivity contribution is 5.78. The monoisotopic (exact) mass is 430 g/mol. The van der Waals surface area contributed by atoms with Crippen LogP contribution in [0.4, 0.5) is 5.82 Å². The Labute approximate surface area is 188 Å². The summed E-state index contributed by atoms with van der Waals surface area (Å²) in [6.07, 6.45) is 6.74. The molecule has 3 aromatic rings. The van der Waals surface area contributed by atoms with Crippen molar-refractivity contribution in [2.75, 3.05) is 18.0 Å².